The summed E-state index contributed by atoms with van der Waals surface area (Å²) in [5.74, 6) is -1.36. The molecule has 206 valence electrons. The van der Waals surface area contributed by atoms with Gasteiger partial charge in [-0.3, -0.25) is 13.9 Å². The molecule has 3 aromatic carbocycles. The minimum Gasteiger partial charge on any atom is -0.482 e. The van der Waals surface area contributed by atoms with Gasteiger partial charge >= 0.3 is 5.97 Å². The van der Waals surface area contributed by atoms with E-state index < -0.39 is 34.6 Å². The molecule has 1 unspecified atom stereocenters. The monoisotopic (exact) mass is 593 g/mol. The fraction of sp³-hybridized carbons (Fsp3) is 0.192. The number of benzene rings is 3. The van der Waals surface area contributed by atoms with E-state index in [2.05, 4.69) is 10.6 Å². The van der Waals surface area contributed by atoms with E-state index in [4.69, 9.17) is 32.7 Å². The molecule has 0 aromatic heterocycles. The summed E-state index contributed by atoms with van der Waals surface area (Å²) in [5.41, 5.74) is 1.14. The minimum atomic E-state index is -3.87. The number of carbonyl (C=O) groups excluding carboxylic acids is 3. The predicted molar refractivity (Wildman–Crippen MR) is 149 cm³/mol. The first-order valence-corrected chi connectivity index (χ1v) is 13.6. The van der Waals surface area contributed by atoms with Gasteiger partial charge in [-0.05, 0) is 73.7 Å². The van der Waals surface area contributed by atoms with E-state index in [0.717, 1.165) is 4.31 Å². The van der Waals surface area contributed by atoms with Crippen molar-refractivity contribution in [1.82, 2.24) is 0 Å². The van der Waals surface area contributed by atoms with Crippen LogP contribution in [0, 0.1) is 0 Å². The molecule has 10 nitrogen and oxygen atoms in total. The number of nitrogens with one attached hydrogen (secondary N) is 2. The molecule has 3 aromatic rings. The summed E-state index contributed by atoms with van der Waals surface area (Å²) >= 11 is 11.9. The van der Waals surface area contributed by atoms with Crippen molar-refractivity contribution >= 4 is 68.1 Å². The van der Waals surface area contributed by atoms with Crippen molar-refractivity contribution in [2.45, 2.75) is 24.8 Å². The topological polar surface area (TPSA) is 131 Å². The lowest BCUT2D eigenvalue weighted by Gasteiger charge is -2.20. The number of hydrogen-bond acceptors (Lipinski definition) is 7. The second kappa shape index (κ2) is 12.8. The Labute approximate surface area is 235 Å². The van der Waals surface area contributed by atoms with Gasteiger partial charge < -0.3 is 20.1 Å². The van der Waals surface area contributed by atoms with Gasteiger partial charge in [0.1, 0.15) is 5.75 Å². The van der Waals surface area contributed by atoms with Crippen molar-refractivity contribution in [3.05, 3.63) is 76.8 Å². The predicted octanol–water partition coefficient (Wildman–Crippen LogP) is 4.73. The number of hydrogen-bond donors (Lipinski definition) is 2. The van der Waals surface area contributed by atoms with Gasteiger partial charge in [0.05, 0.1) is 21.3 Å². The van der Waals surface area contributed by atoms with Crippen LogP contribution in [0.2, 0.25) is 10.0 Å². The Kier molecular flexibility index (Phi) is 9.79. The number of rotatable bonds is 10. The molecule has 0 heterocycles. The molecule has 0 aliphatic rings. The maximum absolute atomic E-state index is 13.0. The fourth-order valence-electron chi connectivity index (χ4n) is 3.21. The zero-order chi connectivity index (χ0) is 28.7. The molecule has 0 fully saturated rings. The highest BCUT2D eigenvalue weighted by Crippen LogP contribution is 2.26. The van der Waals surface area contributed by atoms with E-state index in [9.17, 15) is 22.8 Å². The molecule has 0 bridgehead atoms. The number of amides is 2. The molecule has 0 saturated carbocycles. The van der Waals surface area contributed by atoms with Crippen LogP contribution in [-0.4, -0.2) is 46.0 Å². The molecule has 2 amide bonds. The molecule has 0 aliphatic carbocycles. The van der Waals surface area contributed by atoms with Gasteiger partial charge in [-0.15, -0.1) is 0 Å². The van der Waals surface area contributed by atoms with Crippen LogP contribution in [0.4, 0.5) is 17.1 Å². The molecule has 0 saturated heterocycles. The van der Waals surface area contributed by atoms with Crippen LogP contribution < -0.4 is 19.7 Å². The van der Waals surface area contributed by atoms with Crippen LogP contribution in [0.1, 0.15) is 13.8 Å². The van der Waals surface area contributed by atoms with Crippen molar-refractivity contribution in [3.63, 3.8) is 0 Å². The average molecular weight is 594 g/mol. The molecule has 0 radical (unpaired) electrons. The minimum absolute atomic E-state index is 0.0404. The number of halogens is 2. The molecule has 13 heteroatoms. The van der Waals surface area contributed by atoms with Crippen LogP contribution in [0.25, 0.3) is 0 Å². The quantitative estimate of drug-likeness (QED) is 0.325. The number of esters is 1. The van der Waals surface area contributed by atoms with Crippen molar-refractivity contribution in [2.75, 3.05) is 28.6 Å². The normalized spacial score (nSPS) is 11.7. The molecule has 0 aliphatic heterocycles. The summed E-state index contributed by atoms with van der Waals surface area (Å²) in [6.07, 6.45) is -1.12. The van der Waals surface area contributed by atoms with E-state index in [0.29, 0.717) is 22.1 Å². The van der Waals surface area contributed by atoms with Gasteiger partial charge in [-0.1, -0.05) is 23.2 Å². The molecule has 3 rings (SSSR count). The lowest BCUT2D eigenvalue weighted by molar-refractivity contribution is -0.155. The van der Waals surface area contributed by atoms with Crippen LogP contribution in [0.5, 0.6) is 5.75 Å². The SMILES string of the molecule is CC(=O)Nc1ccc(S(=O)(=O)N(C)c2ccc(OCC(=O)OC(C)C(=O)Nc3ccc(Cl)cc3Cl)cc2)cc1. The Bertz CT molecular complexity index is 1460. The summed E-state index contributed by atoms with van der Waals surface area (Å²) in [7, 11) is -2.48. The summed E-state index contributed by atoms with van der Waals surface area (Å²) in [6.45, 7) is 2.28. The number of sulfonamides is 1. The number of carbonyl (C=O) groups is 3. The molecule has 39 heavy (non-hydrogen) atoms. The van der Waals surface area contributed by atoms with Crippen LogP contribution in [0.15, 0.2) is 71.6 Å². The molecular weight excluding hydrogens is 569 g/mol. The van der Waals surface area contributed by atoms with Crippen molar-refractivity contribution in [3.8, 4) is 5.75 Å². The summed E-state index contributed by atoms with van der Waals surface area (Å²) in [6, 6.07) is 16.3. The van der Waals surface area contributed by atoms with Crippen LogP contribution >= 0.6 is 23.2 Å². The Hall–Kier alpha value is -3.80. The Balaban J connectivity index is 1.53. The third kappa shape index (κ3) is 8.09. The van der Waals surface area contributed by atoms with E-state index in [1.807, 2.05) is 0 Å². The zero-order valence-electron chi connectivity index (χ0n) is 21.1. The largest absolute Gasteiger partial charge is 0.482 e. The van der Waals surface area contributed by atoms with Crippen LogP contribution in [-0.2, 0) is 29.1 Å². The van der Waals surface area contributed by atoms with E-state index >= 15 is 0 Å². The van der Waals surface area contributed by atoms with E-state index in [1.54, 1.807) is 6.07 Å². The summed E-state index contributed by atoms with van der Waals surface area (Å²) < 4.78 is 37.5. The molecule has 2 N–H and O–H groups in total. The molecule has 0 spiro atoms. The highest BCUT2D eigenvalue weighted by Gasteiger charge is 2.22. The van der Waals surface area contributed by atoms with Crippen molar-refractivity contribution in [1.29, 1.82) is 0 Å². The summed E-state index contributed by atoms with van der Waals surface area (Å²) in [4.78, 5) is 35.7. The third-order valence-corrected chi connectivity index (χ3v) is 7.60. The fourth-order valence-corrected chi connectivity index (χ4v) is 4.87. The Morgan fingerprint density at radius 3 is 2.18 bits per heavy atom. The zero-order valence-corrected chi connectivity index (χ0v) is 23.4. The first kappa shape index (κ1) is 29.8. The molecular formula is C26H25Cl2N3O7S. The van der Waals surface area contributed by atoms with Gasteiger partial charge in [0.15, 0.2) is 12.7 Å². The highest BCUT2D eigenvalue weighted by atomic mass is 35.5. The first-order valence-electron chi connectivity index (χ1n) is 11.4. The third-order valence-electron chi connectivity index (χ3n) is 5.26. The number of anilines is 3. The second-order valence-corrected chi connectivity index (χ2v) is 11.0. The number of nitrogens with zero attached hydrogens (tertiary/aromatic N) is 1. The van der Waals surface area contributed by atoms with E-state index in [-0.39, 0.29) is 21.6 Å². The standard InChI is InChI=1S/C26H25Cl2N3O7S/c1-16(26(34)30-24-13-4-18(27)14-23(24)28)38-25(33)15-37-21-9-7-20(8-10-21)31(3)39(35,36)22-11-5-19(6-12-22)29-17(2)32/h4-14,16H,15H2,1-3H3,(H,29,32)(H,30,34). The van der Waals surface area contributed by atoms with Gasteiger partial charge in [0, 0.05) is 24.7 Å². The van der Waals surface area contributed by atoms with E-state index in [1.165, 1.54) is 81.6 Å². The Morgan fingerprint density at radius 1 is 0.949 bits per heavy atom. The van der Waals surface area contributed by atoms with Gasteiger partial charge in [-0.25, -0.2) is 13.2 Å². The maximum atomic E-state index is 13.0. The van der Waals surface area contributed by atoms with Gasteiger partial charge in [-0.2, -0.15) is 0 Å². The lowest BCUT2D eigenvalue weighted by atomic mass is 10.3. The number of ether oxygens (including phenoxy) is 2. The summed E-state index contributed by atoms with van der Waals surface area (Å²) in [5, 5.41) is 5.77. The molecule has 1 atom stereocenters. The maximum Gasteiger partial charge on any atom is 0.344 e. The van der Waals surface area contributed by atoms with Gasteiger partial charge in [0.2, 0.25) is 5.91 Å². The first-order chi connectivity index (χ1) is 18.4. The average Bonchev–Trinajstić information content (AvgIpc) is 2.88. The van der Waals surface area contributed by atoms with Gasteiger partial charge in [0.25, 0.3) is 15.9 Å². The smallest absolute Gasteiger partial charge is 0.344 e. The second-order valence-electron chi connectivity index (χ2n) is 8.21. The lowest BCUT2D eigenvalue weighted by Crippen LogP contribution is -2.31. The highest BCUT2D eigenvalue weighted by molar-refractivity contribution is 7.92. The van der Waals surface area contributed by atoms with Crippen molar-refractivity contribution < 1.29 is 32.3 Å². The van der Waals surface area contributed by atoms with Crippen LogP contribution in [0.3, 0.4) is 0 Å². The Morgan fingerprint density at radius 2 is 1.59 bits per heavy atom. The van der Waals surface area contributed by atoms with Crippen molar-refractivity contribution in [2.24, 2.45) is 0 Å².